The number of nitrogens with one attached hydrogen (secondary N) is 1. The van der Waals surface area contributed by atoms with E-state index < -0.39 is 0 Å². The number of benzene rings is 1. The minimum absolute atomic E-state index is 0.559. The van der Waals surface area contributed by atoms with E-state index in [9.17, 15) is 0 Å². The van der Waals surface area contributed by atoms with Gasteiger partial charge in [-0.2, -0.15) is 5.10 Å². The third-order valence-corrected chi connectivity index (χ3v) is 3.10. The molecule has 21 heavy (non-hydrogen) atoms. The molecule has 0 spiro atoms. The summed E-state index contributed by atoms with van der Waals surface area (Å²) in [6, 6.07) is 10.00. The van der Waals surface area contributed by atoms with Gasteiger partial charge in [0.15, 0.2) is 0 Å². The molecule has 0 aliphatic carbocycles. The molecule has 0 atom stereocenters. The van der Waals surface area contributed by atoms with Crippen LogP contribution in [0.1, 0.15) is 19.0 Å². The van der Waals surface area contributed by atoms with Crippen LogP contribution in [0.4, 0.5) is 5.69 Å². The monoisotopic (exact) mass is 289 g/mol. The van der Waals surface area contributed by atoms with E-state index in [0.29, 0.717) is 13.2 Å². The van der Waals surface area contributed by atoms with Crippen LogP contribution in [0, 0.1) is 0 Å². The highest BCUT2D eigenvalue weighted by atomic mass is 16.5. The van der Waals surface area contributed by atoms with Crippen LogP contribution in [0.2, 0.25) is 0 Å². The average Bonchev–Trinajstić information content (AvgIpc) is 2.94. The first kappa shape index (κ1) is 15.4. The lowest BCUT2D eigenvalue weighted by Gasteiger charge is -2.11. The highest BCUT2D eigenvalue weighted by Gasteiger charge is 2.02. The average molecular weight is 289 g/mol. The lowest BCUT2D eigenvalue weighted by atomic mass is 10.3. The van der Waals surface area contributed by atoms with Crippen LogP contribution in [0.25, 0.3) is 0 Å². The summed E-state index contributed by atoms with van der Waals surface area (Å²) in [6.45, 7) is 5.00. The molecule has 0 aliphatic rings. The summed E-state index contributed by atoms with van der Waals surface area (Å²) >= 11 is 0. The third kappa shape index (κ3) is 4.79. The van der Waals surface area contributed by atoms with E-state index in [1.54, 1.807) is 7.11 Å². The second-order valence-corrected chi connectivity index (χ2v) is 4.77. The molecule has 0 bridgehead atoms. The number of hydrogen-bond acceptors (Lipinski definition) is 4. The van der Waals surface area contributed by atoms with Crippen molar-refractivity contribution in [2.24, 2.45) is 0 Å². The molecule has 2 rings (SSSR count). The van der Waals surface area contributed by atoms with Crippen LogP contribution in [-0.4, -0.2) is 30.1 Å². The predicted molar refractivity (Wildman–Crippen MR) is 83.7 cm³/mol. The van der Waals surface area contributed by atoms with E-state index in [2.05, 4.69) is 17.3 Å². The molecular weight excluding hydrogens is 266 g/mol. The van der Waals surface area contributed by atoms with Crippen molar-refractivity contribution >= 4 is 5.69 Å². The first-order valence-electron chi connectivity index (χ1n) is 7.30. The van der Waals surface area contributed by atoms with Crippen LogP contribution in [0.5, 0.6) is 5.75 Å². The molecule has 5 nitrogen and oxygen atoms in total. The van der Waals surface area contributed by atoms with Gasteiger partial charge in [0, 0.05) is 31.6 Å². The summed E-state index contributed by atoms with van der Waals surface area (Å²) < 4.78 is 12.6. The maximum Gasteiger partial charge on any atom is 0.121 e. The Labute approximate surface area is 125 Å². The van der Waals surface area contributed by atoms with Gasteiger partial charge in [-0.15, -0.1) is 0 Å². The fraction of sp³-hybridized carbons (Fsp3) is 0.438. The van der Waals surface area contributed by atoms with Crippen molar-refractivity contribution in [1.82, 2.24) is 9.78 Å². The first-order valence-corrected chi connectivity index (χ1v) is 7.30. The number of anilines is 1. The smallest absolute Gasteiger partial charge is 0.121 e. The molecule has 114 valence electrons. The van der Waals surface area contributed by atoms with Gasteiger partial charge in [-0.25, -0.2) is 0 Å². The van der Waals surface area contributed by atoms with Gasteiger partial charge in [0.2, 0.25) is 0 Å². The summed E-state index contributed by atoms with van der Waals surface area (Å²) in [5.74, 6) is 0.846. The minimum atomic E-state index is 0.559. The second kappa shape index (κ2) is 8.32. The van der Waals surface area contributed by atoms with Crippen molar-refractivity contribution < 1.29 is 9.47 Å². The number of methoxy groups -OCH3 is 1. The molecule has 0 radical (unpaired) electrons. The Morgan fingerprint density at radius 3 is 2.95 bits per heavy atom. The zero-order valence-corrected chi connectivity index (χ0v) is 12.7. The highest BCUT2D eigenvalue weighted by molar-refractivity contribution is 5.48. The van der Waals surface area contributed by atoms with E-state index in [1.165, 1.54) is 5.69 Å². The Balaban J connectivity index is 1.90. The number of hydrogen-bond donors (Lipinski definition) is 1. The standard InChI is InChI=1S/C16H23N3O2/c1-3-9-19-15(7-8-18-19)13-17-14-5-4-6-16(12-14)21-11-10-20-2/h4-8,12,17H,3,9-11,13H2,1-2H3. The minimum Gasteiger partial charge on any atom is -0.491 e. The van der Waals surface area contributed by atoms with Crippen molar-refractivity contribution in [3.05, 3.63) is 42.2 Å². The van der Waals surface area contributed by atoms with Gasteiger partial charge in [0.1, 0.15) is 12.4 Å². The molecule has 0 unspecified atom stereocenters. The van der Waals surface area contributed by atoms with Gasteiger partial charge in [0.05, 0.1) is 18.8 Å². The molecule has 1 N–H and O–H groups in total. The van der Waals surface area contributed by atoms with Gasteiger partial charge >= 0.3 is 0 Å². The van der Waals surface area contributed by atoms with Gasteiger partial charge in [-0.1, -0.05) is 13.0 Å². The molecule has 5 heteroatoms. The van der Waals surface area contributed by atoms with Crippen LogP contribution >= 0.6 is 0 Å². The summed E-state index contributed by atoms with van der Waals surface area (Å²) in [7, 11) is 1.67. The van der Waals surface area contributed by atoms with Crippen molar-refractivity contribution in [1.29, 1.82) is 0 Å². The largest absolute Gasteiger partial charge is 0.491 e. The summed E-state index contributed by atoms with van der Waals surface area (Å²) in [4.78, 5) is 0. The van der Waals surface area contributed by atoms with Crippen LogP contribution in [-0.2, 0) is 17.8 Å². The number of nitrogens with zero attached hydrogens (tertiary/aromatic N) is 2. The lowest BCUT2D eigenvalue weighted by molar-refractivity contribution is 0.146. The van der Waals surface area contributed by atoms with Crippen LogP contribution < -0.4 is 10.1 Å². The van der Waals surface area contributed by atoms with E-state index in [-0.39, 0.29) is 0 Å². The van der Waals surface area contributed by atoms with E-state index >= 15 is 0 Å². The van der Waals surface area contributed by atoms with Gasteiger partial charge in [-0.05, 0) is 24.6 Å². The number of rotatable bonds is 9. The summed E-state index contributed by atoms with van der Waals surface area (Å²) in [5, 5.41) is 7.73. The number of ether oxygens (including phenoxy) is 2. The fourth-order valence-electron chi connectivity index (χ4n) is 2.05. The Morgan fingerprint density at radius 2 is 2.14 bits per heavy atom. The molecule has 1 aromatic carbocycles. The molecule has 0 saturated heterocycles. The van der Waals surface area contributed by atoms with Crippen LogP contribution in [0.15, 0.2) is 36.5 Å². The van der Waals surface area contributed by atoms with Crippen molar-refractivity contribution in [2.75, 3.05) is 25.6 Å². The van der Waals surface area contributed by atoms with Crippen molar-refractivity contribution in [2.45, 2.75) is 26.4 Å². The molecular formula is C16H23N3O2. The first-order chi connectivity index (χ1) is 10.3. The van der Waals surface area contributed by atoms with Gasteiger partial charge in [0.25, 0.3) is 0 Å². The quantitative estimate of drug-likeness (QED) is 0.721. The van der Waals surface area contributed by atoms with Gasteiger partial charge < -0.3 is 14.8 Å². The number of aromatic nitrogens is 2. The topological polar surface area (TPSA) is 48.3 Å². The highest BCUT2D eigenvalue weighted by Crippen LogP contribution is 2.18. The van der Waals surface area contributed by atoms with E-state index in [1.807, 2.05) is 41.2 Å². The molecule has 2 aromatic rings. The van der Waals surface area contributed by atoms with Gasteiger partial charge in [-0.3, -0.25) is 4.68 Å². The molecule has 0 fully saturated rings. The Morgan fingerprint density at radius 1 is 1.24 bits per heavy atom. The summed E-state index contributed by atoms with van der Waals surface area (Å²) in [6.07, 6.45) is 2.93. The Hall–Kier alpha value is -2.01. The molecule has 0 amide bonds. The predicted octanol–water partition coefficient (Wildman–Crippen LogP) is 2.93. The second-order valence-electron chi connectivity index (χ2n) is 4.77. The van der Waals surface area contributed by atoms with Crippen LogP contribution in [0.3, 0.4) is 0 Å². The van der Waals surface area contributed by atoms with E-state index in [4.69, 9.17) is 9.47 Å². The van der Waals surface area contributed by atoms with Crippen molar-refractivity contribution in [3.63, 3.8) is 0 Å². The van der Waals surface area contributed by atoms with E-state index in [0.717, 1.165) is 30.9 Å². The normalized spacial score (nSPS) is 10.6. The third-order valence-electron chi connectivity index (χ3n) is 3.10. The number of aryl methyl sites for hydroxylation is 1. The van der Waals surface area contributed by atoms with Crippen molar-refractivity contribution in [3.8, 4) is 5.75 Å². The fourth-order valence-corrected chi connectivity index (χ4v) is 2.05. The zero-order chi connectivity index (χ0) is 14.9. The Kier molecular flexibility index (Phi) is 6.09. The summed E-state index contributed by atoms with van der Waals surface area (Å²) in [5.41, 5.74) is 2.22. The maximum absolute atomic E-state index is 5.60. The Bertz CT molecular complexity index is 540. The SMILES string of the molecule is CCCn1nccc1CNc1cccc(OCCOC)c1. The molecule has 0 saturated carbocycles. The zero-order valence-electron chi connectivity index (χ0n) is 12.7. The molecule has 0 aliphatic heterocycles. The molecule has 1 heterocycles. The maximum atomic E-state index is 5.60. The lowest BCUT2D eigenvalue weighted by Crippen LogP contribution is -2.09. The molecule has 1 aromatic heterocycles.